The molecule has 454 valence electrons. The van der Waals surface area contributed by atoms with Gasteiger partial charge in [-0.25, -0.2) is 0 Å². The monoisotopic (exact) mass is 1150 g/mol. The van der Waals surface area contributed by atoms with Crippen molar-refractivity contribution in [3.05, 3.63) is 59.7 Å². The quantitative estimate of drug-likeness (QED) is 0.0625. The van der Waals surface area contributed by atoms with E-state index in [0.717, 1.165) is 47.5 Å². The zero-order chi connectivity index (χ0) is 59.9. The van der Waals surface area contributed by atoms with Crippen LogP contribution < -0.4 is 36.1 Å². The second kappa shape index (κ2) is 33.6. The van der Waals surface area contributed by atoms with Crippen molar-refractivity contribution in [3.8, 4) is 17.6 Å². The molecule has 5 rings (SSSR count). The molecule has 0 saturated carbocycles. The maximum atomic E-state index is 14.7. The highest BCUT2D eigenvalue weighted by atomic mass is 16.5. The minimum atomic E-state index is -2.04. The van der Waals surface area contributed by atoms with Crippen LogP contribution in [0.25, 0.3) is 0 Å². The maximum Gasteiger partial charge on any atom is 0.248 e. The Bertz CT molecular complexity index is 2450. The molecule has 11 N–H and O–H groups in total. The first-order chi connectivity index (χ1) is 39.3. The molecule has 0 radical (unpaired) electrons. The molecule has 7 amide bonds. The van der Waals surface area contributed by atoms with Crippen LogP contribution in [0.15, 0.2) is 48.5 Å². The van der Waals surface area contributed by atoms with E-state index in [-0.39, 0.29) is 31.7 Å². The minimum absolute atomic E-state index is 0.0128. The Morgan fingerprint density at radius 3 is 1.94 bits per heavy atom. The molecule has 3 fully saturated rings. The van der Waals surface area contributed by atoms with E-state index in [9.17, 15) is 69.5 Å². The molecule has 3 aliphatic rings. The van der Waals surface area contributed by atoms with Crippen molar-refractivity contribution in [1.82, 2.24) is 36.4 Å². The lowest BCUT2D eigenvalue weighted by molar-refractivity contribution is -0.147. The van der Waals surface area contributed by atoms with Crippen molar-refractivity contribution < 1.29 is 73.7 Å². The summed E-state index contributed by atoms with van der Waals surface area (Å²) in [5.41, 5.74) is 1.23. The third kappa shape index (κ3) is 19.6. The van der Waals surface area contributed by atoms with E-state index in [1.807, 2.05) is 30.3 Å². The second-order valence-electron chi connectivity index (χ2n) is 22.2. The van der Waals surface area contributed by atoms with Crippen molar-refractivity contribution in [2.45, 2.75) is 216 Å². The zero-order valence-electron chi connectivity index (χ0n) is 47.9. The first-order valence-electron chi connectivity index (χ1n) is 29.2. The van der Waals surface area contributed by atoms with Gasteiger partial charge in [-0.1, -0.05) is 127 Å². The Morgan fingerprint density at radius 1 is 0.707 bits per heavy atom. The van der Waals surface area contributed by atoms with Crippen LogP contribution >= 0.6 is 0 Å². The molecule has 82 heavy (non-hydrogen) atoms. The van der Waals surface area contributed by atoms with Crippen molar-refractivity contribution >= 4 is 41.4 Å². The Kier molecular flexibility index (Phi) is 27.2. The number of nitrogens with one attached hydrogen (secondary N) is 5. The number of rotatable bonds is 25. The van der Waals surface area contributed by atoms with Gasteiger partial charge < -0.3 is 76.5 Å². The third-order valence-corrected chi connectivity index (χ3v) is 15.5. The number of aliphatic hydroxyl groups excluding tert-OH is 6. The van der Waals surface area contributed by atoms with Crippen molar-refractivity contribution in [2.75, 3.05) is 26.7 Å². The molecule has 23 heteroatoms. The number of benzene rings is 2. The van der Waals surface area contributed by atoms with E-state index in [1.54, 1.807) is 18.2 Å². The summed E-state index contributed by atoms with van der Waals surface area (Å²) in [6.45, 7) is 3.72. The number of methoxy groups -OCH3 is 1. The average Bonchev–Trinajstić information content (AvgIpc) is 4.18. The predicted octanol–water partition coefficient (Wildman–Crippen LogP) is 1.30. The van der Waals surface area contributed by atoms with Gasteiger partial charge in [0.2, 0.25) is 41.4 Å². The standard InChI is InChI=1S/C59H88N8O15/c1-5-6-7-8-9-10-11-12-13-14-15-16-20-23-48(73)62-42-30-40(69)32-61-57(78)52-53(74)36(2)33-67(52)59(80)51(44(71)26-27-60)65-56(77)50(64-55(76)43-31-41(70)34-66(43)58(79)49(37(3)68)63-54(42)75)45(72)28-39-24-25-46(47(29-39)81-4)82-35-38-21-18-17-19-22-38/h17-19,21-22,24-25,29,36-37,40-45,49-53,68-72,74H,5-16,20,23,26,28,30-35H2,1-4H3,(H,61,78)(H,62,73)(H,63,75)(H,64,76)(H,65,77)/t36-,37+,40+,41+,42-,43-,44+,45+,49-,50-,51-,52-,53-/m0/s1. The van der Waals surface area contributed by atoms with Crippen LogP contribution in [-0.4, -0.2) is 181 Å². The number of β-amino-alcohol motifs (C(OH)–C–C–N with tert-alkyl or cyclic N) is 1. The molecule has 2 aromatic rings. The van der Waals surface area contributed by atoms with Crippen LogP contribution in [0.4, 0.5) is 0 Å². The number of hydrogen-bond donors (Lipinski definition) is 11. The predicted molar refractivity (Wildman–Crippen MR) is 300 cm³/mol. The highest BCUT2D eigenvalue weighted by molar-refractivity contribution is 5.98. The van der Waals surface area contributed by atoms with Crippen LogP contribution in [0.3, 0.4) is 0 Å². The van der Waals surface area contributed by atoms with E-state index < -0.39 is 152 Å². The zero-order valence-corrected chi connectivity index (χ0v) is 47.9. The van der Waals surface area contributed by atoms with Gasteiger partial charge in [-0.05, 0) is 36.6 Å². The molecule has 0 unspecified atom stereocenters. The number of fused-ring (bicyclic) bond motifs is 2. The molecule has 0 aromatic heterocycles. The Hall–Kier alpha value is -6.42. The lowest BCUT2D eigenvalue weighted by Gasteiger charge is -2.33. The molecule has 3 saturated heterocycles. The molecular weight excluding hydrogens is 1060 g/mol. The molecule has 0 aliphatic carbocycles. The van der Waals surface area contributed by atoms with E-state index in [4.69, 9.17) is 9.47 Å². The Balaban J connectivity index is 1.43. The molecular formula is C59H88N8O15. The smallest absolute Gasteiger partial charge is 0.248 e. The molecule has 13 atom stereocenters. The van der Waals surface area contributed by atoms with E-state index in [0.29, 0.717) is 17.7 Å². The second-order valence-corrected chi connectivity index (χ2v) is 22.2. The molecule has 2 aromatic carbocycles. The number of amides is 7. The van der Waals surface area contributed by atoms with Crippen molar-refractivity contribution in [1.29, 1.82) is 5.26 Å². The normalized spacial score (nSPS) is 26.2. The van der Waals surface area contributed by atoms with Gasteiger partial charge in [0.25, 0.3) is 0 Å². The Labute approximate surface area is 480 Å². The van der Waals surface area contributed by atoms with Gasteiger partial charge in [-0.3, -0.25) is 33.6 Å². The summed E-state index contributed by atoms with van der Waals surface area (Å²) in [5, 5.41) is 90.2. The number of carbonyl (C=O) groups excluding carboxylic acids is 7. The first kappa shape index (κ1) is 66.4. The minimum Gasteiger partial charge on any atom is -0.493 e. The Morgan fingerprint density at radius 2 is 1.32 bits per heavy atom. The molecule has 0 bridgehead atoms. The fourth-order valence-corrected chi connectivity index (χ4v) is 10.8. The summed E-state index contributed by atoms with van der Waals surface area (Å²) in [5.74, 6) is -7.34. The number of ether oxygens (including phenoxy) is 2. The van der Waals surface area contributed by atoms with Gasteiger partial charge in [0.1, 0.15) is 42.9 Å². The highest BCUT2D eigenvalue weighted by Gasteiger charge is 2.50. The number of aliphatic hydroxyl groups is 6. The lowest BCUT2D eigenvalue weighted by atomic mass is 9.98. The van der Waals surface area contributed by atoms with Crippen molar-refractivity contribution in [3.63, 3.8) is 0 Å². The SMILES string of the molecule is CCCCCCCCCCCCCCCC(=O)N[C@H]1C[C@@H](O)CNC(=O)[C@@H]2[C@@H](O)[C@@H](C)CN2C(=O)[C@H]([C@H](O)CC#N)NC(=O)[C@H]([C@H](O)Cc2ccc(OCc3ccccc3)c(OC)c2)NC(=O)[C@@H]2C[C@@H](O)CN2C(=O)[C@H]([C@@H](C)O)NC1=O. The number of nitrogens with zero attached hydrogens (tertiary/aromatic N) is 3. The van der Waals surface area contributed by atoms with Gasteiger partial charge in [-0.2, -0.15) is 5.26 Å². The molecule has 3 heterocycles. The van der Waals surface area contributed by atoms with Gasteiger partial charge in [0, 0.05) is 51.2 Å². The lowest BCUT2D eigenvalue weighted by Crippen LogP contribution is -2.64. The largest absolute Gasteiger partial charge is 0.493 e. The van der Waals surface area contributed by atoms with Crippen LogP contribution in [0.2, 0.25) is 0 Å². The third-order valence-electron chi connectivity index (χ3n) is 15.5. The summed E-state index contributed by atoms with van der Waals surface area (Å²) in [6, 6.07) is 4.97. The van der Waals surface area contributed by atoms with E-state index in [2.05, 4.69) is 33.5 Å². The van der Waals surface area contributed by atoms with Gasteiger partial charge in [0.15, 0.2) is 11.5 Å². The summed E-state index contributed by atoms with van der Waals surface area (Å²) < 4.78 is 11.6. The van der Waals surface area contributed by atoms with Crippen molar-refractivity contribution in [2.24, 2.45) is 5.92 Å². The fourth-order valence-electron chi connectivity index (χ4n) is 10.8. The average molecular weight is 1150 g/mol. The molecule has 23 nitrogen and oxygen atoms in total. The number of unbranched alkanes of at least 4 members (excludes halogenated alkanes) is 12. The summed E-state index contributed by atoms with van der Waals surface area (Å²) in [7, 11) is 1.39. The first-order valence-corrected chi connectivity index (χ1v) is 29.2. The number of carbonyl (C=O) groups is 7. The summed E-state index contributed by atoms with van der Waals surface area (Å²) in [6.07, 6.45) is 2.02. The van der Waals surface area contributed by atoms with Crippen LogP contribution in [0.5, 0.6) is 11.5 Å². The molecule has 3 aliphatic heterocycles. The van der Waals surface area contributed by atoms with Gasteiger partial charge in [0.05, 0.1) is 56.2 Å². The van der Waals surface area contributed by atoms with Gasteiger partial charge in [-0.15, -0.1) is 0 Å². The topological polar surface area (TPSA) is 350 Å². The highest BCUT2D eigenvalue weighted by Crippen LogP contribution is 2.31. The van der Waals surface area contributed by atoms with E-state index in [1.165, 1.54) is 72.0 Å². The summed E-state index contributed by atoms with van der Waals surface area (Å²) >= 11 is 0. The molecule has 0 spiro atoms. The number of nitriles is 1. The van der Waals surface area contributed by atoms with E-state index >= 15 is 0 Å². The van der Waals surface area contributed by atoms with Gasteiger partial charge >= 0.3 is 0 Å². The van der Waals surface area contributed by atoms with Crippen LogP contribution in [0, 0.1) is 17.2 Å². The summed E-state index contributed by atoms with van der Waals surface area (Å²) in [4.78, 5) is 102. The van der Waals surface area contributed by atoms with Crippen LogP contribution in [0.1, 0.15) is 141 Å². The maximum absolute atomic E-state index is 14.7. The number of hydrogen-bond acceptors (Lipinski definition) is 16. The van der Waals surface area contributed by atoms with Crippen LogP contribution in [-0.2, 0) is 46.6 Å². The fraction of sp³-hybridized carbons (Fsp3) is 0.661.